The monoisotopic (exact) mass is 256 g/mol. The molecular formula is C12H16O4S. The van der Waals surface area contributed by atoms with Gasteiger partial charge in [0.15, 0.2) is 5.78 Å². The maximum atomic E-state index is 11.6. The number of ketones is 1. The Bertz CT molecular complexity index is 474. The summed E-state index contributed by atoms with van der Waals surface area (Å²) in [6.07, 6.45) is 1.81. The largest absolute Gasteiger partial charge is 0.294 e. The fraction of sp³-hybridized carbons (Fsp3) is 0.417. The van der Waals surface area contributed by atoms with E-state index in [1.165, 1.54) is 0 Å². The maximum absolute atomic E-state index is 11.6. The lowest BCUT2D eigenvalue weighted by molar-refractivity contribution is 0.0988. The Hall–Kier alpha value is -1.20. The van der Waals surface area contributed by atoms with Gasteiger partial charge in [0.25, 0.3) is 10.1 Å². The van der Waals surface area contributed by atoms with Crippen LogP contribution in [0.25, 0.3) is 0 Å². The zero-order valence-electron chi connectivity index (χ0n) is 9.72. The van der Waals surface area contributed by atoms with E-state index in [-0.39, 0.29) is 12.2 Å². The summed E-state index contributed by atoms with van der Waals surface area (Å²) in [5.41, 5.74) is 1.63. The third kappa shape index (κ3) is 5.10. The highest BCUT2D eigenvalue weighted by molar-refractivity contribution is 7.85. The molecular weight excluding hydrogens is 240 g/mol. The van der Waals surface area contributed by atoms with E-state index < -0.39 is 15.9 Å². The first-order valence-corrected chi connectivity index (χ1v) is 7.10. The van der Waals surface area contributed by atoms with Crippen molar-refractivity contribution in [3.05, 3.63) is 35.4 Å². The summed E-state index contributed by atoms with van der Waals surface area (Å²) in [6.45, 7) is 2.07. The van der Waals surface area contributed by atoms with Gasteiger partial charge in [0.05, 0.1) is 5.75 Å². The number of carbonyl (C=O) groups is 1. The molecule has 1 rings (SSSR count). The molecule has 0 aliphatic rings. The molecule has 0 radical (unpaired) electrons. The van der Waals surface area contributed by atoms with E-state index in [9.17, 15) is 13.2 Å². The van der Waals surface area contributed by atoms with Crippen LogP contribution in [0.2, 0.25) is 0 Å². The fourth-order valence-electron chi connectivity index (χ4n) is 1.51. The van der Waals surface area contributed by atoms with Gasteiger partial charge >= 0.3 is 0 Å². The van der Waals surface area contributed by atoms with E-state index >= 15 is 0 Å². The molecule has 17 heavy (non-hydrogen) atoms. The lowest BCUT2D eigenvalue weighted by Crippen LogP contribution is -2.10. The quantitative estimate of drug-likeness (QED) is 0.625. The van der Waals surface area contributed by atoms with Crippen molar-refractivity contribution in [3.63, 3.8) is 0 Å². The molecule has 1 aromatic rings. The molecule has 1 N–H and O–H groups in total. The molecule has 0 aliphatic carbocycles. The summed E-state index contributed by atoms with van der Waals surface area (Å²) in [7, 11) is -4.06. The van der Waals surface area contributed by atoms with Crippen LogP contribution < -0.4 is 0 Å². The smallest absolute Gasteiger partial charge is 0.265 e. The molecule has 0 spiro atoms. The summed E-state index contributed by atoms with van der Waals surface area (Å²) >= 11 is 0. The van der Waals surface area contributed by atoms with Gasteiger partial charge in [-0.2, -0.15) is 8.42 Å². The fourth-order valence-corrected chi connectivity index (χ4v) is 1.96. The van der Waals surface area contributed by atoms with Crippen LogP contribution in [0.1, 0.15) is 35.7 Å². The van der Waals surface area contributed by atoms with Crippen LogP contribution in [0.15, 0.2) is 24.3 Å². The SMILES string of the molecule is CCCc1ccc(C(=O)CCS(=O)(=O)O)cc1. The Kier molecular flexibility index (Phi) is 4.84. The van der Waals surface area contributed by atoms with Crippen molar-refractivity contribution in [3.8, 4) is 0 Å². The van der Waals surface area contributed by atoms with Crippen molar-refractivity contribution in [2.24, 2.45) is 0 Å². The summed E-state index contributed by atoms with van der Waals surface area (Å²) < 4.78 is 29.6. The molecule has 0 fully saturated rings. The Labute approximate surface area is 101 Å². The minimum absolute atomic E-state index is 0.189. The molecule has 0 atom stereocenters. The molecule has 94 valence electrons. The average Bonchev–Trinajstić information content (AvgIpc) is 2.26. The second-order valence-corrected chi connectivity index (χ2v) is 5.48. The molecule has 1 aromatic carbocycles. The predicted octanol–water partition coefficient (Wildman–Crippen LogP) is 2.10. The van der Waals surface area contributed by atoms with Crippen molar-refractivity contribution in [2.75, 3.05) is 5.75 Å². The Balaban J connectivity index is 2.64. The topological polar surface area (TPSA) is 71.4 Å². The van der Waals surface area contributed by atoms with E-state index in [4.69, 9.17) is 4.55 Å². The van der Waals surface area contributed by atoms with Crippen LogP contribution in [0.5, 0.6) is 0 Å². The zero-order chi connectivity index (χ0) is 12.9. The highest BCUT2D eigenvalue weighted by Crippen LogP contribution is 2.09. The standard InChI is InChI=1S/C12H16O4S/c1-2-3-10-4-6-11(7-5-10)12(13)8-9-17(14,15)16/h4-7H,2-3,8-9H2,1H3,(H,14,15,16). The van der Waals surface area contributed by atoms with Crippen molar-refractivity contribution >= 4 is 15.9 Å². The van der Waals surface area contributed by atoms with Gasteiger partial charge in [0, 0.05) is 12.0 Å². The number of hydrogen-bond acceptors (Lipinski definition) is 3. The van der Waals surface area contributed by atoms with Gasteiger partial charge in [-0.3, -0.25) is 9.35 Å². The lowest BCUT2D eigenvalue weighted by Gasteiger charge is -2.02. The van der Waals surface area contributed by atoms with Gasteiger partial charge in [0.2, 0.25) is 0 Å². The number of rotatable bonds is 6. The third-order valence-electron chi connectivity index (χ3n) is 2.40. The summed E-state index contributed by atoms with van der Waals surface area (Å²) in [5, 5.41) is 0. The molecule has 0 saturated carbocycles. The summed E-state index contributed by atoms with van der Waals surface area (Å²) in [5.74, 6) is -0.798. The van der Waals surface area contributed by atoms with E-state index in [0.29, 0.717) is 5.56 Å². The number of aryl methyl sites for hydroxylation is 1. The molecule has 0 aliphatic heterocycles. The molecule has 0 unspecified atom stereocenters. The number of carbonyl (C=O) groups excluding carboxylic acids is 1. The van der Waals surface area contributed by atoms with Crippen molar-refractivity contribution in [1.82, 2.24) is 0 Å². The minimum atomic E-state index is -4.06. The maximum Gasteiger partial charge on any atom is 0.265 e. The Morgan fingerprint density at radius 2 is 1.82 bits per heavy atom. The van der Waals surface area contributed by atoms with Crippen molar-refractivity contribution in [1.29, 1.82) is 0 Å². The number of Topliss-reactive ketones (excluding diaryl/α,β-unsaturated/α-hetero) is 1. The predicted molar refractivity (Wildman–Crippen MR) is 65.8 cm³/mol. The van der Waals surface area contributed by atoms with E-state index in [1.807, 2.05) is 12.1 Å². The van der Waals surface area contributed by atoms with Crippen molar-refractivity contribution < 1.29 is 17.8 Å². The van der Waals surface area contributed by atoms with Crippen LogP contribution >= 0.6 is 0 Å². The Morgan fingerprint density at radius 1 is 1.24 bits per heavy atom. The van der Waals surface area contributed by atoms with Gasteiger partial charge in [-0.05, 0) is 12.0 Å². The van der Waals surface area contributed by atoms with Gasteiger partial charge < -0.3 is 0 Å². The van der Waals surface area contributed by atoms with E-state index in [1.54, 1.807) is 12.1 Å². The van der Waals surface area contributed by atoms with Crippen LogP contribution in [0.3, 0.4) is 0 Å². The highest BCUT2D eigenvalue weighted by atomic mass is 32.2. The normalized spacial score (nSPS) is 11.4. The Morgan fingerprint density at radius 3 is 2.29 bits per heavy atom. The van der Waals surface area contributed by atoms with Crippen LogP contribution in [0, 0.1) is 0 Å². The number of benzene rings is 1. The van der Waals surface area contributed by atoms with Gasteiger partial charge in [-0.1, -0.05) is 37.6 Å². The van der Waals surface area contributed by atoms with Crippen molar-refractivity contribution in [2.45, 2.75) is 26.2 Å². The highest BCUT2D eigenvalue weighted by Gasteiger charge is 2.11. The molecule has 0 heterocycles. The molecule has 0 aromatic heterocycles. The van der Waals surface area contributed by atoms with E-state index in [0.717, 1.165) is 18.4 Å². The molecule has 4 nitrogen and oxygen atoms in total. The van der Waals surface area contributed by atoms with Gasteiger partial charge in [-0.25, -0.2) is 0 Å². The van der Waals surface area contributed by atoms with E-state index in [2.05, 4.69) is 6.92 Å². The van der Waals surface area contributed by atoms with Gasteiger partial charge in [-0.15, -0.1) is 0 Å². The summed E-state index contributed by atoms with van der Waals surface area (Å²) in [4.78, 5) is 11.6. The number of hydrogen-bond donors (Lipinski definition) is 1. The van der Waals surface area contributed by atoms with Crippen LogP contribution in [-0.4, -0.2) is 24.5 Å². The third-order valence-corrected chi connectivity index (χ3v) is 3.12. The molecule has 0 bridgehead atoms. The molecule has 0 amide bonds. The van der Waals surface area contributed by atoms with Crippen LogP contribution in [-0.2, 0) is 16.5 Å². The second kappa shape index (κ2) is 5.93. The second-order valence-electron chi connectivity index (χ2n) is 3.91. The zero-order valence-corrected chi connectivity index (χ0v) is 10.5. The van der Waals surface area contributed by atoms with Gasteiger partial charge in [0.1, 0.15) is 0 Å². The average molecular weight is 256 g/mol. The first kappa shape index (κ1) is 13.9. The first-order valence-electron chi connectivity index (χ1n) is 5.49. The minimum Gasteiger partial charge on any atom is -0.294 e. The summed E-state index contributed by atoms with van der Waals surface area (Å²) in [6, 6.07) is 7.11. The first-order chi connectivity index (χ1) is 7.92. The molecule has 0 saturated heterocycles. The lowest BCUT2D eigenvalue weighted by atomic mass is 10.0. The van der Waals surface area contributed by atoms with Crippen LogP contribution in [0.4, 0.5) is 0 Å². The molecule has 5 heteroatoms.